The standard InChI is InChI=1S/C46H29NOS/c1-2-11-30(12-3-1)31-21-24-33(25-22-31)47(34-26-27-42-39(29-34)37-16-7-9-19-41(37)48-42)40-18-8-6-15-36(40)38-17-10-20-43-46(38)45-35-14-5-4-13-32(35)23-28-44(45)49-43/h1-29H. The Bertz CT molecular complexity index is 2830. The van der Waals surface area contributed by atoms with Crippen LogP contribution in [0.1, 0.15) is 0 Å². The summed E-state index contributed by atoms with van der Waals surface area (Å²) < 4.78 is 8.86. The summed E-state index contributed by atoms with van der Waals surface area (Å²) in [6, 6.07) is 63.2. The van der Waals surface area contributed by atoms with Gasteiger partial charge < -0.3 is 9.32 Å². The van der Waals surface area contributed by atoms with Gasteiger partial charge in [-0.15, -0.1) is 11.3 Å². The number of benzene rings is 8. The SMILES string of the molecule is c1ccc(-c2ccc(N(c3ccc4oc5ccccc5c4c3)c3ccccc3-c3cccc4sc5ccc6ccccc6c5c34)cc2)cc1. The highest BCUT2D eigenvalue weighted by Gasteiger charge is 2.21. The molecule has 0 aliphatic rings. The second kappa shape index (κ2) is 11.2. The van der Waals surface area contributed by atoms with E-state index in [1.54, 1.807) is 0 Å². The lowest BCUT2D eigenvalue weighted by molar-refractivity contribution is 0.669. The Morgan fingerprint density at radius 3 is 1.98 bits per heavy atom. The summed E-state index contributed by atoms with van der Waals surface area (Å²) >= 11 is 1.87. The molecule has 2 aromatic heterocycles. The summed E-state index contributed by atoms with van der Waals surface area (Å²) in [5.74, 6) is 0. The van der Waals surface area contributed by atoms with Gasteiger partial charge in [0.25, 0.3) is 0 Å². The van der Waals surface area contributed by atoms with E-state index in [2.05, 4.69) is 169 Å². The maximum atomic E-state index is 6.25. The lowest BCUT2D eigenvalue weighted by Gasteiger charge is -2.28. The third-order valence-corrected chi connectivity index (χ3v) is 10.8. The van der Waals surface area contributed by atoms with Crippen LogP contribution < -0.4 is 4.90 Å². The Morgan fingerprint density at radius 1 is 0.408 bits per heavy atom. The van der Waals surface area contributed by atoms with Crippen LogP contribution in [-0.4, -0.2) is 0 Å². The van der Waals surface area contributed by atoms with Crippen molar-refractivity contribution < 1.29 is 4.42 Å². The highest BCUT2D eigenvalue weighted by Crippen LogP contribution is 2.48. The minimum Gasteiger partial charge on any atom is -0.456 e. The average Bonchev–Trinajstić information content (AvgIpc) is 3.74. The van der Waals surface area contributed by atoms with Crippen molar-refractivity contribution in [1.82, 2.24) is 0 Å². The number of hydrogen-bond acceptors (Lipinski definition) is 3. The van der Waals surface area contributed by atoms with E-state index < -0.39 is 0 Å². The Morgan fingerprint density at radius 2 is 1.08 bits per heavy atom. The number of anilines is 3. The van der Waals surface area contributed by atoms with Gasteiger partial charge in [0, 0.05) is 47.9 Å². The van der Waals surface area contributed by atoms with Crippen LogP contribution in [0.2, 0.25) is 0 Å². The normalized spacial score (nSPS) is 11.7. The zero-order valence-corrected chi connectivity index (χ0v) is 27.3. The van der Waals surface area contributed by atoms with Gasteiger partial charge in [-0.05, 0) is 82.1 Å². The molecule has 0 saturated carbocycles. The van der Waals surface area contributed by atoms with Crippen LogP contribution >= 0.6 is 11.3 Å². The molecule has 0 saturated heterocycles. The molecule has 230 valence electrons. The van der Waals surface area contributed by atoms with Gasteiger partial charge in [0.05, 0.1) is 5.69 Å². The maximum absolute atomic E-state index is 6.25. The van der Waals surface area contributed by atoms with Crippen LogP contribution in [0, 0.1) is 0 Å². The summed E-state index contributed by atoms with van der Waals surface area (Å²) in [6.45, 7) is 0. The smallest absolute Gasteiger partial charge is 0.135 e. The molecule has 10 rings (SSSR count). The summed E-state index contributed by atoms with van der Waals surface area (Å²) in [5, 5.41) is 7.42. The van der Waals surface area contributed by atoms with E-state index in [1.807, 2.05) is 23.5 Å². The van der Waals surface area contributed by atoms with Crippen LogP contribution in [0.25, 0.3) is 75.1 Å². The third-order valence-electron chi connectivity index (χ3n) is 9.67. The predicted octanol–water partition coefficient (Wildman–Crippen LogP) is 13.9. The van der Waals surface area contributed by atoms with Crippen molar-refractivity contribution in [3.63, 3.8) is 0 Å². The Hall–Kier alpha value is -6.16. The Labute approximate surface area is 287 Å². The molecule has 0 atom stereocenters. The molecule has 0 unspecified atom stereocenters. The van der Waals surface area contributed by atoms with Gasteiger partial charge in [0.2, 0.25) is 0 Å². The molecule has 0 spiro atoms. The average molecular weight is 644 g/mol. The molecule has 49 heavy (non-hydrogen) atoms. The summed E-state index contributed by atoms with van der Waals surface area (Å²) in [4.78, 5) is 2.40. The molecule has 0 aliphatic carbocycles. The van der Waals surface area contributed by atoms with Crippen molar-refractivity contribution in [1.29, 1.82) is 0 Å². The van der Waals surface area contributed by atoms with Crippen molar-refractivity contribution in [3.8, 4) is 22.3 Å². The molecule has 8 aromatic carbocycles. The summed E-state index contributed by atoms with van der Waals surface area (Å²) in [5.41, 5.74) is 9.89. The first-order valence-corrected chi connectivity index (χ1v) is 17.4. The number of fused-ring (bicyclic) bond motifs is 8. The van der Waals surface area contributed by atoms with Crippen LogP contribution in [0.3, 0.4) is 0 Å². The van der Waals surface area contributed by atoms with Crippen molar-refractivity contribution in [2.75, 3.05) is 4.90 Å². The number of rotatable bonds is 5. The predicted molar refractivity (Wildman–Crippen MR) is 210 cm³/mol. The van der Waals surface area contributed by atoms with E-state index in [0.717, 1.165) is 39.0 Å². The first-order chi connectivity index (χ1) is 24.3. The van der Waals surface area contributed by atoms with Crippen LogP contribution in [0.5, 0.6) is 0 Å². The second-order valence-electron chi connectivity index (χ2n) is 12.5. The van der Waals surface area contributed by atoms with Gasteiger partial charge in [-0.1, -0.05) is 121 Å². The van der Waals surface area contributed by atoms with Gasteiger partial charge >= 0.3 is 0 Å². The fraction of sp³-hybridized carbons (Fsp3) is 0. The first kappa shape index (κ1) is 27.9. The molecular formula is C46H29NOS. The largest absolute Gasteiger partial charge is 0.456 e. The molecule has 2 nitrogen and oxygen atoms in total. The summed E-state index contributed by atoms with van der Waals surface area (Å²) in [6.07, 6.45) is 0. The molecule has 0 radical (unpaired) electrons. The zero-order valence-electron chi connectivity index (χ0n) is 26.5. The van der Waals surface area contributed by atoms with Crippen LogP contribution in [-0.2, 0) is 0 Å². The molecule has 3 heteroatoms. The fourth-order valence-corrected chi connectivity index (χ4v) is 8.57. The van der Waals surface area contributed by atoms with Gasteiger partial charge in [0.1, 0.15) is 11.2 Å². The van der Waals surface area contributed by atoms with E-state index in [1.165, 1.54) is 53.2 Å². The minimum atomic E-state index is 0.888. The van der Waals surface area contributed by atoms with Crippen molar-refractivity contribution in [2.45, 2.75) is 0 Å². The van der Waals surface area contributed by atoms with Crippen molar-refractivity contribution in [2.24, 2.45) is 0 Å². The van der Waals surface area contributed by atoms with E-state index in [4.69, 9.17) is 4.42 Å². The van der Waals surface area contributed by atoms with Crippen molar-refractivity contribution in [3.05, 3.63) is 176 Å². The van der Waals surface area contributed by atoms with Gasteiger partial charge in [-0.3, -0.25) is 0 Å². The first-order valence-electron chi connectivity index (χ1n) is 16.6. The lowest BCUT2D eigenvalue weighted by Crippen LogP contribution is -2.11. The molecule has 10 aromatic rings. The quantitative estimate of drug-likeness (QED) is 0.186. The second-order valence-corrected chi connectivity index (χ2v) is 13.6. The maximum Gasteiger partial charge on any atom is 0.135 e. The van der Waals surface area contributed by atoms with E-state index in [9.17, 15) is 0 Å². The number of hydrogen-bond donors (Lipinski definition) is 0. The van der Waals surface area contributed by atoms with Crippen molar-refractivity contribution >= 4 is 81.3 Å². The van der Waals surface area contributed by atoms with Crippen LogP contribution in [0.4, 0.5) is 17.1 Å². The van der Waals surface area contributed by atoms with Gasteiger partial charge in [-0.25, -0.2) is 0 Å². The summed E-state index contributed by atoms with van der Waals surface area (Å²) in [7, 11) is 0. The molecule has 0 bridgehead atoms. The lowest BCUT2D eigenvalue weighted by atomic mass is 9.95. The number of furan rings is 1. The third kappa shape index (κ3) is 4.55. The molecule has 0 N–H and O–H groups in total. The van der Waals surface area contributed by atoms with E-state index in [0.29, 0.717) is 0 Å². The zero-order chi connectivity index (χ0) is 32.3. The Balaban J connectivity index is 1.23. The molecular weight excluding hydrogens is 615 g/mol. The van der Waals surface area contributed by atoms with E-state index >= 15 is 0 Å². The molecule has 2 heterocycles. The van der Waals surface area contributed by atoms with E-state index in [-0.39, 0.29) is 0 Å². The minimum absolute atomic E-state index is 0.888. The van der Waals surface area contributed by atoms with Gasteiger partial charge in [-0.2, -0.15) is 0 Å². The number of thiophene rings is 1. The topological polar surface area (TPSA) is 16.4 Å². The highest BCUT2D eigenvalue weighted by molar-refractivity contribution is 7.26. The highest BCUT2D eigenvalue weighted by atomic mass is 32.1. The Kier molecular flexibility index (Phi) is 6.39. The number of nitrogens with zero attached hydrogens (tertiary/aromatic N) is 1. The van der Waals surface area contributed by atoms with Gasteiger partial charge in [0.15, 0.2) is 0 Å². The monoisotopic (exact) mass is 643 g/mol. The van der Waals surface area contributed by atoms with Crippen LogP contribution in [0.15, 0.2) is 180 Å². The fourth-order valence-electron chi connectivity index (χ4n) is 7.42. The molecule has 0 aliphatic heterocycles. The molecule has 0 fully saturated rings. The number of para-hydroxylation sites is 2. The molecule has 0 amide bonds.